The van der Waals surface area contributed by atoms with E-state index in [4.69, 9.17) is 9.84 Å². The van der Waals surface area contributed by atoms with E-state index in [1.807, 2.05) is 0 Å². The molecule has 82 valence electrons. The summed E-state index contributed by atoms with van der Waals surface area (Å²) in [5, 5.41) is 8.37. The lowest BCUT2D eigenvalue weighted by molar-refractivity contribution is -0.142. The predicted molar refractivity (Wildman–Crippen MR) is 53.3 cm³/mol. The Labute approximate surface area is 84.8 Å². The van der Waals surface area contributed by atoms with Gasteiger partial charge in [0.25, 0.3) is 0 Å². The normalized spacial score (nSPS) is 23.6. The van der Waals surface area contributed by atoms with E-state index in [1.54, 1.807) is 0 Å². The Bertz CT molecular complexity index is 184. The summed E-state index contributed by atoms with van der Waals surface area (Å²) in [6.45, 7) is 1.54. The van der Waals surface area contributed by atoms with Crippen molar-refractivity contribution in [3.05, 3.63) is 0 Å². The zero-order chi connectivity index (χ0) is 10.4. The van der Waals surface area contributed by atoms with Crippen molar-refractivity contribution in [3.8, 4) is 0 Å². The van der Waals surface area contributed by atoms with Gasteiger partial charge in [-0.1, -0.05) is 6.42 Å². The Balaban J connectivity index is 2.07. The number of piperidine rings is 1. The molecule has 0 spiro atoms. The van der Waals surface area contributed by atoms with Crippen molar-refractivity contribution in [1.82, 2.24) is 4.90 Å². The average Bonchev–Trinajstić information content (AvgIpc) is 2.15. The van der Waals surface area contributed by atoms with Crippen LogP contribution in [0.4, 0.5) is 0 Å². The number of carboxylic acid groups (broad SMARTS) is 1. The Morgan fingerprint density at radius 1 is 1.57 bits per heavy atom. The van der Waals surface area contributed by atoms with Crippen molar-refractivity contribution in [2.24, 2.45) is 0 Å². The number of likely N-dealkylation sites (tertiary alicyclic amines) is 1. The van der Waals surface area contributed by atoms with Gasteiger partial charge in [0.2, 0.25) is 0 Å². The quantitative estimate of drug-likeness (QED) is 0.673. The number of nitrogens with zero attached hydrogens (tertiary/aromatic N) is 1. The summed E-state index contributed by atoms with van der Waals surface area (Å²) in [7, 11) is 2.13. The van der Waals surface area contributed by atoms with Gasteiger partial charge in [0.05, 0.1) is 0 Å². The highest BCUT2D eigenvalue weighted by Crippen LogP contribution is 2.17. The Hall–Kier alpha value is -0.610. The lowest BCUT2D eigenvalue weighted by Gasteiger charge is -2.32. The summed E-state index contributed by atoms with van der Waals surface area (Å²) in [5.41, 5.74) is 0. The molecule has 1 N–H and O–H groups in total. The molecule has 1 unspecified atom stereocenters. The second kappa shape index (κ2) is 5.98. The largest absolute Gasteiger partial charge is 0.480 e. The van der Waals surface area contributed by atoms with Crippen LogP contribution in [0.1, 0.15) is 25.7 Å². The van der Waals surface area contributed by atoms with E-state index in [2.05, 4.69) is 11.9 Å². The first kappa shape index (κ1) is 11.5. The molecular formula is C10H19NO3. The van der Waals surface area contributed by atoms with E-state index in [9.17, 15) is 4.79 Å². The van der Waals surface area contributed by atoms with E-state index >= 15 is 0 Å². The first-order valence-corrected chi connectivity index (χ1v) is 5.20. The van der Waals surface area contributed by atoms with Crippen LogP contribution in [0.3, 0.4) is 0 Å². The van der Waals surface area contributed by atoms with Crippen LogP contribution in [0, 0.1) is 0 Å². The molecule has 0 radical (unpaired) electrons. The number of hydrogen-bond acceptors (Lipinski definition) is 3. The van der Waals surface area contributed by atoms with Crippen LogP contribution >= 0.6 is 0 Å². The van der Waals surface area contributed by atoms with E-state index in [0.717, 1.165) is 13.0 Å². The molecular weight excluding hydrogens is 182 g/mol. The van der Waals surface area contributed by atoms with Crippen LogP contribution in [0.15, 0.2) is 0 Å². The van der Waals surface area contributed by atoms with Crippen molar-refractivity contribution in [1.29, 1.82) is 0 Å². The first-order valence-electron chi connectivity index (χ1n) is 5.20. The van der Waals surface area contributed by atoms with Gasteiger partial charge in [0.1, 0.15) is 6.61 Å². The summed E-state index contributed by atoms with van der Waals surface area (Å²) in [5.74, 6) is -0.887. The van der Waals surface area contributed by atoms with Gasteiger partial charge >= 0.3 is 5.97 Å². The predicted octanol–water partition coefficient (Wildman–Crippen LogP) is 0.962. The second-order valence-corrected chi connectivity index (χ2v) is 3.87. The van der Waals surface area contributed by atoms with Gasteiger partial charge in [-0.3, -0.25) is 0 Å². The molecule has 4 heteroatoms. The second-order valence-electron chi connectivity index (χ2n) is 3.87. The number of carbonyl (C=O) groups is 1. The zero-order valence-corrected chi connectivity index (χ0v) is 8.74. The molecule has 1 rings (SSSR count). The van der Waals surface area contributed by atoms with Gasteiger partial charge in [-0.25, -0.2) is 4.79 Å². The van der Waals surface area contributed by atoms with Crippen LogP contribution in [0.5, 0.6) is 0 Å². The Morgan fingerprint density at radius 3 is 3.00 bits per heavy atom. The highest BCUT2D eigenvalue weighted by Gasteiger charge is 2.18. The molecule has 0 aliphatic carbocycles. The van der Waals surface area contributed by atoms with E-state index in [0.29, 0.717) is 12.6 Å². The van der Waals surface area contributed by atoms with Gasteiger partial charge in [-0.2, -0.15) is 0 Å². The molecule has 14 heavy (non-hydrogen) atoms. The van der Waals surface area contributed by atoms with Gasteiger partial charge in [0, 0.05) is 12.6 Å². The summed E-state index contributed by atoms with van der Waals surface area (Å²) >= 11 is 0. The molecule has 0 aromatic carbocycles. The summed E-state index contributed by atoms with van der Waals surface area (Å²) in [6, 6.07) is 0.581. The Morgan fingerprint density at radius 2 is 2.36 bits per heavy atom. The lowest BCUT2D eigenvalue weighted by atomic mass is 10.0. The third-order valence-corrected chi connectivity index (χ3v) is 2.74. The van der Waals surface area contributed by atoms with Gasteiger partial charge in [0.15, 0.2) is 0 Å². The standard InChI is InChI=1S/C10H19NO3/c1-11-6-3-2-4-9(11)5-7-14-8-10(12)13/h9H,2-8H2,1H3,(H,12,13). The maximum absolute atomic E-state index is 10.2. The molecule has 1 aliphatic heterocycles. The molecule has 0 aromatic heterocycles. The van der Waals surface area contributed by atoms with Crippen molar-refractivity contribution in [2.45, 2.75) is 31.7 Å². The van der Waals surface area contributed by atoms with Crippen LogP contribution in [0.2, 0.25) is 0 Å². The van der Waals surface area contributed by atoms with Gasteiger partial charge in [-0.15, -0.1) is 0 Å². The fourth-order valence-corrected chi connectivity index (χ4v) is 1.89. The number of hydrogen-bond donors (Lipinski definition) is 1. The summed E-state index contributed by atoms with van der Waals surface area (Å²) < 4.78 is 5.02. The minimum Gasteiger partial charge on any atom is -0.480 e. The summed E-state index contributed by atoms with van der Waals surface area (Å²) in [6.07, 6.45) is 4.73. The van der Waals surface area contributed by atoms with Gasteiger partial charge < -0.3 is 14.7 Å². The minimum absolute atomic E-state index is 0.170. The monoisotopic (exact) mass is 201 g/mol. The zero-order valence-electron chi connectivity index (χ0n) is 8.74. The highest BCUT2D eigenvalue weighted by molar-refractivity contribution is 5.67. The molecule has 1 fully saturated rings. The third kappa shape index (κ3) is 4.07. The third-order valence-electron chi connectivity index (χ3n) is 2.74. The number of carboxylic acids is 1. The SMILES string of the molecule is CN1CCCCC1CCOCC(=O)O. The first-order chi connectivity index (χ1) is 6.70. The smallest absolute Gasteiger partial charge is 0.329 e. The van der Waals surface area contributed by atoms with Crippen LogP contribution in [-0.4, -0.2) is 48.8 Å². The molecule has 0 saturated carbocycles. The van der Waals surface area contributed by atoms with Crippen molar-refractivity contribution >= 4 is 5.97 Å². The Kier molecular flexibility index (Phi) is 4.90. The number of rotatable bonds is 5. The van der Waals surface area contributed by atoms with Crippen molar-refractivity contribution < 1.29 is 14.6 Å². The van der Waals surface area contributed by atoms with E-state index < -0.39 is 5.97 Å². The van der Waals surface area contributed by atoms with E-state index in [-0.39, 0.29) is 6.61 Å². The molecule has 0 aromatic rings. The average molecular weight is 201 g/mol. The molecule has 0 amide bonds. The molecule has 0 bridgehead atoms. The van der Waals surface area contributed by atoms with Gasteiger partial charge in [-0.05, 0) is 32.9 Å². The maximum atomic E-state index is 10.2. The summed E-state index contributed by atoms with van der Waals surface area (Å²) in [4.78, 5) is 12.5. The van der Waals surface area contributed by atoms with Crippen LogP contribution < -0.4 is 0 Å². The molecule has 1 atom stereocenters. The van der Waals surface area contributed by atoms with Crippen molar-refractivity contribution in [2.75, 3.05) is 26.8 Å². The molecule has 1 saturated heterocycles. The van der Waals surface area contributed by atoms with Crippen LogP contribution in [-0.2, 0) is 9.53 Å². The lowest BCUT2D eigenvalue weighted by Crippen LogP contribution is -2.37. The number of aliphatic carboxylic acids is 1. The topological polar surface area (TPSA) is 49.8 Å². The van der Waals surface area contributed by atoms with E-state index in [1.165, 1.54) is 19.3 Å². The minimum atomic E-state index is -0.887. The molecule has 1 aliphatic rings. The fraction of sp³-hybridized carbons (Fsp3) is 0.900. The van der Waals surface area contributed by atoms with Crippen molar-refractivity contribution in [3.63, 3.8) is 0 Å². The maximum Gasteiger partial charge on any atom is 0.329 e. The van der Waals surface area contributed by atoms with Crippen LogP contribution in [0.25, 0.3) is 0 Å². The molecule has 4 nitrogen and oxygen atoms in total. The molecule has 1 heterocycles. The number of ether oxygens (including phenoxy) is 1. The highest BCUT2D eigenvalue weighted by atomic mass is 16.5. The fourth-order valence-electron chi connectivity index (χ4n) is 1.89.